The van der Waals surface area contributed by atoms with Crippen LogP contribution in [0, 0.1) is 11.3 Å². The van der Waals surface area contributed by atoms with Crippen LogP contribution in [0.4, 0.5) is 0 Å². The van der Waals surface area contributed by atoms with Gasteiger partial charge in [0.05, 0.1) is 6.07 Å². The van der Waals surface area contributed by atoms with Gasteiger partial charge in [0.2, 0.25) is 10.0 Å². The van der Waals surface area contributed by atoms with Crippen LogP contribution in [0.25, 0.3) is 6.08 Å². The van der Waals surface area contributed by atoms with E-state index < -0.39 is 10.0 Å². The molecule has 0 spiro atoms. The molecule has 1 rings (SSSR count). The average Bonchev–Trinajstić information content (AvgIpc) is 2.39. The van der Waals surface area contributed by atoms with Crippen molar-refractivity contribution in [2.75, 3.05) is 13.1 Å². The fourth-order valence-electron chi connectivity index (χ4n) is 1.46. The third-order valence-corrected chi connectivity index (χ3v) is 4.38. The number of nitrogens with zero attached hydrogens (tertiary/aromatic N) is 2. The van der Waals surface area contributed by atoms with Gasteiger partial charge < -0.3 is 0 Å². The highest BCUT2D eigenvalue weighted by atomic mass is 35.5. The second-order valence-electron chi connectivity index (χ2n) is 3.80. The number of sulfonamides is 1. The van der Waals surface area contributed by atoms with Gasteiger partial charge in [0.25, 0.3) is 0 Å². The molecule has 0 amide bonds. The molecule has 0 atom stereocenters. The van der Waals surface area contributed by atoms with Crippen LogP contribution < -0.4 is 0 Å². The number of hydrogen-bond donors (Lipinski definition) is 0. The van der Waals surface area contributed by atoms with Crippen molar-refractivity contribution < 1.29 is 8.42 Å². The summed E-state index contributed by atoms with van der Waals surface area (Å²) in [5, 5.41) is 10.3. The van der Waals surface area contributed by atoms with Crippen molar-refractivity contribution in [3.8, 4) is 6.07 Å². The first kappa shape index (κ1) is 15.7. The molecular formula is C13H15ClN2O2S. The molecule has 19 heavy (non-hydrogen) atoms. The van der Waals surface area contributed by atoms with E-state index in [0.29, 0.717) is 11.6 Å². The van der Waals surface area contributed by atoms with Gasteiger partial charge in [-0.1, -0.05) is 30.7 Å². The Bertz CT molecular complexity index is 574. The second-order valence-corrected chi connectivity index (χ2v) is 6.05. The van der Waals surface area contributed by atoms with E-state index in [1.807, 2.05) is 6.07 Å². The summed E-state index contributed by atoms with van der Waals surface area (Å²) >= 11 is 5.75. The molecule has 0 radical (unpaired) electrons. The third kappa shape index (κ3) is 5.03. The van der Waals surface area contributed by atoms with Crippen molar-refractivity contribution in [2.24, 2.45) is 0 Å². The minimum absolute atomic E-state index is 0.182. The lowest BCUT2D eigenvalue weighted by molar-refractivity contribution is 0.442. The molecule has 1 aromatic rings. The quantitative estimate of drug-likeness (QED) is 0.811. The van der Waals surface area contributed by atoms with Crippen LogP contribution in [0.2, 0.25) is 5.02 Å². The predicted molar refractivity (Wildman–Crippen MR) is 76.9 cm³/mol. The van der Waals surface area contributed by atoms with E-state index in [1.54, 1.807) is 31.2 Å². The molecule has 0 fully saturated rings. The van der Waals surface area contributed by atoms with E-state index in [1.165, 1.54) is 10.4 Å². The Labute approximate surface area is 119 Å². The van der Waals surface area contributed by atoms with Gasteiger partial charge in [-0.05, 0) is 23.8 Å². The maximum atomic E-state index is 12.0. The maximum absolute atomic E-state index is 12.0. The van der Waals surface area contributed by atoms with Crippen LogP contribution in [0.1, 0.15) is 18.9 Å². The van der Waals surface area contributed by atoms with Crippen molar-refractivity contribution in [3.63, 3.8) is 0 Å². The molecular weight excluding hydrogens is 284 g/mol. The lowest BCUT2D eigenvalue weighted by Crippen LogP contribution is -2.29. The number of halogens is 1. The smallest absolute Gasteiger partial charge is 0.208 e. The monoisotopic (exact) mass is 298 g/mol. The zero-order chi connectivity index (χ0) is 14.3. The number of benzene rings is 1. The van der Waals surface area contributed by atoms with Crippen molar-refractivity contribution >= 4 is 27.7 Å². The SMILES string of the molecule is CCN(CCC#N)S(=O)(=O)/C=C\c1ccc(Cl)cc1. The molecule has 0 saturated heterocycles. The van der Waals surface area contributed by atoms with E-state index in [4.69, 9.17) is 16.9 Å². The van der Waals surface area contributed by atoms with E-state index in [9.17, 15) is 8.42 Å². The zero-order valence-corrected chi connectivity index (χ0v) is 12.2. The second kappa shape index (κ2) is 7.29. The summed E-state index contributed by atoms with van der Waals surface area (Å²) in [7, 11) is -3.48. The topological polar surface area (TPSA) is 61.2 Å². The number of hydrogen-bond acceptors (Lipinski definition) is 3. The molecule has 0 aliphatic rings. The largest absolute Gasteiger partial charge is 0.236 e. The van der Waals surface area contributed by atoms with Crippen LogP contribution in [0.15, 0.2) is 29.7 Å². The first-order chi connectivity index (χ1) is 8.99. The fraction of sp³-hybridized carbons (Fsp3) is 0.308. The molecule has 0 saturated carbocycles. The first-order valence-electron chi connectivity index (χ1n) is 5.80. The van der Waals surface area contributed by atoms with Gasteiger partial charge in [0.15, 0.2) is 0 Å². The Morgan fingerprint density at radius 2 is 2.00 bits per heavy atom. The van der Waals surface area contributed by atoms with Crippen LogP contribution in [-0.2, 0) is 10.0 Å². The van der Waals surface area contributed by atoms with E-state index in [-0.39, 0.29) is 13.0 Å². The van der Waals surface area contributed by atoms with E-state index >= 15 is 0 Å². The molecule has 0 aliphatic carbocycles. The summed E-state index contributed by atoms with van der Waals surface area (Å²) in [5.74, 6) is 0. The van der Waals surface area contributed by atoms with Crippen molar-refractivity contribution in [1.82, 2.24) is 4.31 Å². The highest BCUT2D eigenvalue weighted by molar-refractivity contribution is 7.92. The standard InChI is InChI=1S/C13H15ClN2O2S/c1-2-16(10-3-9-15)19(17,18)11-8-12-4-6-13(14)7-5-12/h4-8,11H,2-3,10H2,1H3/b11-8-. The first-order valence-corrected chi connectivity index (χ1v) is 7.68. The minimum atomic E-state index is -3.48. The molecule has 0 aromatic heterocycles. The van der Waals surface area contributed by atoms with Crippen LogP contribution in [0.5, 0.6) is 0 Å². The van der Waals surface area contributed by atoms with E-state index in [0.717, 1.165) is 11.0 Å². The summed E-state index contributed by atoms with van der Waals surface area (Å²) in [4.78, 5) is 0. The van der Waals surface area contributed by atoms with Crippen LogP contribution in [0.3, 0.4) is 0 Å². The predicted octanol–water partition coefficient (Wildman–Crippen LogP) is 2.88. The summed E-state index contributed by atoms with van der Waals surface area (Å²) in [6.07, 6.45) is 1.70. The Morgan fingerprint density at radius 1 is 1.37 bits per heavy atom. The van der Waals surface area contributed by atoms with Gasteiger partial charge in [0, 0.05) is 29.9 Å². The Hall–Kier alpha value is -1.35. The molecule has 6 heteroatoms. The van der Waals surface area contributed by atoms with Crippen LogP contribution >= 0.6 is 11.6 Å². The van der Waals surface area contributed by atoms with Crippen molar-refractivity contribution in [1.29, 1.82) is 5.26 Å². The normalized spacial score (nSPS) is 11.9. The van der Waals surface area contributed by atoms with Crippen LogP contribution in [-0.4, -0.2) is 25.8 Å². The third-order valence-electron chi connectivity index (χ3n) is 2.49. The lowest BCUT2D eigenvalue weighted by atomic mass is 10.2. The fourth-order valence-corrected chi connectivity index (χ4v) is 2.80. The highest BCUT2D eigenvalue weighted by Gasteiger charge is 2.16. The Balaban J connectivity index is 2.83. The number of nitriles is 1. The van der Waals surface area contributed by atoms with Crippen molar-refractivity contribution in [2.45, 2.75) is 13.3 Å². The molecule has 1 aromatic carbocycles. The summed E-state index contributed by atoms with van der Waals surface area (Å²) in [5.41, 5.74) is 0.754. The molecule has 0 unspecified atom stereocenters. The zero-order valence-electron chi connectivity index (χ0n) is 10.6. The Morgan fingerprint density at radius 3 is 2.53 bits per heavy atom. The van der Waals surface area contributed by atoms with Gasteiger partial charge in [-0.3, -0.25) is 0 Å². The summed E-state index contributed by atoms with van der Waals surface area (Å²) in [6, 6.07) is 8.80. The average molecular weight is 299 g/mol. The molecule has 0 heterocycles. The molecule has 0 aliphatic heterocycles. The van der Waals surface area contributed by atoms with Gasteiger partial charge in [0.1, 0.15) is 0 Å². The highest BCUT2D eigenvalue weighted by Crippen LogP contribution is 2.12. The maximum Gasteiger partial charge on any atom is 0.236 e. The molecule has 4 nitrogen and oxygen atoms in total. The Kier molecular flexibility index (Phi) is 6.03. The molecule has 0 bridgehead atoms. The summed E-state index contributed by atoms with van der Waals surface area (Å²) in [6.45, 7) is 2.29. The van der Waals surface area contributed by atoms with E-state index in [2.05, 4.69) is 0 Å². The number of rotatable bonds is 6. The van der Waals surface area contributed by atoms with Gasteiger partial charge in [-0.2, -0.15) is 9.57 Å². The molecule has 0 N–H and O–H groups in total. The van der Waals surface area contributed by atoms with Gasteiger partial charge >= 0.3 is 0 Å². The minimum Gasteiger partial charge on any atom is -0.208 e. The van der Waals surface area contributed by atoms with Crippen molar-refractivity contribution in [3.05, 3.63) is 40.3 Å². The van der Waals surface area contributed by atoms with Gasteiger partial charge in [-0.15, -0.1) is 0 Å². The van der Waals surface area contributed by atoms with Gasteiger partial charge in [-0.25, -0.2) is 8.42 Å². The summed E-state index contributed by atoms with van der Waals surface area (Å²) < 4.78 is 25.3. The molecule has 102 valence electrons. The lowest BCUT2D eigenvalue weighted by Gasteiger charge is -2.16.